The molecule has 0 amide bonds. The molecule has 0 radical (unpaired) electrons. The maximum atomic E-state index is 12.6. The van der Waals surface area contributed by atoms with E-state index in [1.54, 1.807) is 6.07 Å². The first-order valence-electron chi connectivity index (χ1n) is 7.57. The van der Waals surface area contributed by atoms with Crippen LogP contribution in [0.4, 0.5) is 0 Å². The molecule has 2 aromatic rings. The summed E-state index contributed by atoms with van der Waals surface area (Å²) >= 11 is 0. The number of hydrogen-bond acceptors (Lipinski definition) is 3. The topological polar surface area (TPSA) is 58.1 Å². The molecule has 1 aromatic carbocycles. The average Bonchev–Trinajstić information content (AvgIpc) is 2.47. The fourth-order valence-electron chi connectivity index (χ4n) is 3.17. The van der Waals surface area contributed by atoms with Gasteiger partial charge < -0.3 is 9.88 Å². The highest BCUT2D eigenvalue weighted by Crippen LogP contribution is 2.20. The van der Waals surface area contributed by atoms with Crippen molar-refractivity contribution < 1.29 is 0 Å². The van der Waals surface area contributed by atoms with E-state index in [4.69, 9.17) is 0 Å². The van der Waals surface area contributed by atoms with Crippen LogP contribution in [0, 0.1) is 6.92 Å². The largest absolute Gasteiger partial charge is 0.329 e. The van der Waals surface area contributed by atoms with Crippen molar-refractivity contribution in [3.05, 3.63) is 44.6 Å². The molecule has 0 bridgehead atoms. The number of likely N-dealkylation sites (tertiary alicyclic amines) is 1. The Balaban J connectivity index is 2.05. The summed E-state index contributed by atoms with van der Waals surface area (Å²) in [6.45, 7) is 6.99. The number of aromatic amines is 1. The molecule has 5 nitrogen and oxygen atoms in total. The summed E-state index contributed by atoms with van der Waals surface area (Å²) in [6.07, 6.45) is 1.71. The van der Waals surface area contributed by atoms with Crippen molar-refractivity contribution in [2.75, 3.05) is 19.6 Å². The van der Waals surface area contributed by atoms with Crippen molar-refractivity contribution in [1.29, 1.82) is 0 Å². The lowest BCUT2D eigenvalue weighted by Crippen LogP contribution is -2.43. The van der Waals surface area contributed by atoms with Crippen LogP contribution in [0.3, 0.4) is 0 Å². The van der Waals surface area contributed by atoms with E-state index in [1.165, 1.54) is 4.57 Å². The molecule has 21 heavy (non-hydrogen) atoms. The average molecular weight is 287 g/mol. The second-order valence-electron chi connectivity index (χ2n) is 5.82. The lowest BCUT2D eigenvalue weighted by molar-refractivity contribution is 0.190. The van der Waals surface area contributed by atoms with Gasteiger partial charge in [-0.1, -0.05) is 13.0 Å². The van der Waals surface area contributed by atoms with E-state index in [-0.39, 0.29) is 17.3 Å². The summed E-state index contributed by atoms with van der Waals surface area (Å²) in [7, 11) is 0. The van der Waals surface area contributed by atoms with Gasteiger partial charge in [0.05, 0.1) is 10.9 Å². The maximum Gasteiger partial charge on any atom is 0.329 e. The maximum absolute atomic E-state index is 12.6. The van der Waals surface area contributed by atoms with E-state index in [0.717, 1.165) is 38.0 Å². The van der Waals surface area contributed by atoms with Gasteiger partial charge in [-0.3, -0.25) is 9.36 Å². The Hall–Kier alpha value is -1.88. The molecule has 1 saturated heterocycles. The van der Waals surface area contributed by atoms with Crippen LogP contribution in [0.5, 0.6) is 0 Å². The number of fused-ring (bicyclic) bond motifs is 1. The van der Waals surface area contributed by atoms with Gasteiger partial charge in [0.1, 0.15) is 0 Å². The molecule has 2 heterocycles. The third-order valence-corrected chi connectivity index (χ3v) is 4.45. The summed E-state index contributed by atoms with van der Waals surface area (Å²) in [6, 6.07) is 5.57. The molecule has 1 fully saturated rings. The molecule has 1 aromatic heterocycles. The minimum absolute atomic E-state index is 0.00903. The molecular formula is C16H21N3O2. The number of H-pyrrole nitrogens is 1. The minimum atomic E-state index is -0.284. The highest BCUT2D eigenvalue weighted by molar-refractivity contribution is 5.77. The molecule has 3 rings (SSSR count). The molecule has 0 aliphatic carbocycles. The smallest absolute Gasteiger partial charge is 0.307 e. The van der Waals surface area contributed by atoms with E-state index in [2.05, 4.69) is 16.8 Å². The quantitative estimate of drug-likeness (QED) is 0.914. The normalized spacial score (nSPS) is 17.4. The number of nitrogens with one attached hydrogen (secondary N) is 1. The summed E-state index contributed by atoms with van der Waals surface area (Å²) < 4.78 is 1.42. The highest BCUT2D eigenvalue weighted by atomic mass is 16.2. The van der Waals surface area contributed by atoms with Crippen LogP contribution in [0.1, 0.15) is 31.4 Å². The van der Waals surface area contributed by atoms with E-state index in [0.29, 0.717) is 10.9 Å². The molecule has 0 spiro atoms. The zero-order valence-corrected chi connectivity index (χ0v) is 12.6. The first-order valence-corrected chi connectivity index (χ1v) is 7.57. The van der Waals surface area contributed by atoms with E-state index >= 15 is 0 Å². The predicted molar refractivity (Wildman–Crippen MR) is 84.0 cm³/mol. The first kappa shape index (κ1) is 14.1. The van der Waals surface area contributed by atoms with E-state index < -0.39 is 0 Å². The van der Waals surface area contributed by atoms with E-state index in [1.807, 2.05) is 19.1 Å². The molecule has 112 valence electrons. The number of aromatic nitrogens is 2. The monoisotopic (exact) mass is 287 g/mol. The molecule has 0 saturated carbocycles. The second-order valence-corrected chi connectivity index (χ2v) is 5.82. The minimum Gasteiger partial charge on any atom is -0.307 e. The lowest BCUT2D eigenvalue weighted by Gasteiger charge is -2.31. The number of hydrogen-bond donors (Lipinski definition) is 1. The van der Waals surface area contributed by atoms with Gasteiger partial charge in [0, 0.05) is 19.1 Å². The van der Waals surface area contributed by atoms with Crippen LogP contribution in [-0.4, -0.2) is 34.1 Å². The zero-order valence-electron chi connectivity index (χ0n) is 12.6. The van der Waals surface area contributed by atoms with Crippen LogP contribution in [-0.2, 0) is 0 Å². The molecule has 0 atom stereocenters. The number of benzene rings is 1. The fraction of sp³-hybridized carbons (Fsp3) is 0.500. The SMILES string of the molecule is CCN1CCC(n2c(=O)[nH]c3cc(C)ccc3c2=O)CC1. The Labute approximate surface area is 123 Å². The van der Waals surface area contributed by atoms with Crippen LogP contribution in [0.25, 0.3) is 10.9 Å². The predicted octanol–water partition coefficient (Wildman–Crippen LogP) is 1.66. The summed E-state index contributed by atoms with van der Waals surface area (Å²) in [5.41, 5.74) is 1.22. The van der Waals surface area contributed by atoms with Crippen LogP contribution >= 0.6 is 0 Å². The number of aryl methyl sites for hydroxylation is 1. The van der Waals surface area contributed by atoms with Crippen molar-refractivity contribution in [2.45, 2.75) is 32.7 Å². The number of piperidine rings is 1. The number of nitrogens with zero attached hydrogens (tertiary/aromatic N) is 2. The van der Waals surface area contributed by atoms with Gasteiger partial charge in [0.2, 0.25) is 0 Å². The van der Waals surface area contributed by atoms with Crippen molar-refractivity contribution in [2.24, 2.45) is 0 Å². The van der Waals surface area contributed by atoms with E-state index in [9.17, 15) is 9.59 Å². The Morgan fingerprint density at radius 2 is 1.95 bits per heavy atom. The standard InChI is InChI=1S/C16H21N3O2/c1-3-18-8-6-12(7-9-18)19-15(20)13-5-4-11(2)10-14(13)17-16(19)21/h4-5,10,12H,3,6-9H2,1-2H3,(H,17,21). The van der Waals surface area contributed by atoms with Gasteiger partial charge in [0.25, 0.3) is 5.56 Å². The summed E-state index contributed by atoms with van der Waals surface area (Å²) in [5, 5.41) is 0.595. The van der Waals surface area contributed by atoms with Gasteiger partial charge in [-0.15, -0.1) is 0 Å². The highest BCUT2D eigenvalue weighted by Gasteiger charge is 2.22. The van der Waals surface area contributed by atoms with Gasteiger partial charge >= 0.3 is 5.69 Å². The molecule has 1 aliphatic rings. The van der Waals surface area contributed by atoms with Gasteiger partial charge in [-0.25, -0.2) is 4.79 Å². The summed E-state index contributed by atoms with van der Waals surface area (Å²) in [5.74, 6) is 0. The zero-order chi connectivity index (χ0) is 15.0. The van der Waals surface area contributed by atoms with Crippen LogP contribution in [0.15, 0.2) is 27.8 Å². The molecule has 0 unspecified atom stereocenters. The van der Waals surface area contributed by atoms with Crippen molar-refractivity contribution >= 4 is 10.9 Å². The van der Waals surface area contributed by atoms with Crippen molar-refractivity contribution in [3.8, 4) is 0 Å². The number of rotatable bonds is 2. The van der Waals surface area contributed by atoms with Crippen LogP contribution < -0.4 is 11.2 Å². The molecule has 1 N–H and O–H groups in total. The van der Waals surface area contributed by atoms with Crippen molar-refractivity contribution in [3.63, 3.8) is 0 Å². The molecule has 1 aliphatic heterocycles. The Morgan fingerprint density at radius 3 is 2.62 bits per heavy atom. The first-order chi connectivity index (χ1) is 10.1. The van der Waals surface area contributed by atoms with Gasteiger partial charge in [0.15, 0.2) is 0 Å². The molecular weight excluding hydrogens is 266 g/mol. The third-order valence-electron chi connectivity index (χ3n) is 4.45. The molecule has 5 heteroatoms. The van der Waals surface area contributed by atoms with Crippen LogP contribution in [0.2, 0.25) is 0 Å². The fourth-order valence-corrected chi connectivity index (χ4v) is 3.17. The second kappa shape index (κ2) is 5.48. The van der Waals surface area contributed by atoms with Gasteiger partial charge in [-0.05, 0) is 44.0 Å². The Kier molecular flexibility index (Phi) is 3.68. The lowest BCUT2D eigenvalue weighted by atomic mass is 10.0. The third kappa shape index (κ3) is 2.53. The van der Waals surface area contributed by atoms with Crippen molar-refractivity contribution in [1.82, 2.24) is 14.5 Å². The Morgan fingerprint density at radius 1 is 1.24 bits per heavy atom. The van der Waals surface area contributed by atoms with Gasteiger partial charge in [-0.2, -0.15) is 0 Å². The summed E-state index contributed by atoms with van der Waals surface area (Å²) in [4.78, 5) is 30.2. The Bertz CT molecular complexity index is 767.